The summed E-state index contributed by atoms with van der Waals surface area (Å²) in [7, 11) is 1.22. The Hall–Kier alpha value is -2.10. The van der Waals surface area contributed by atoms with Crippen LogP contribution in [0.2, 0.25) is 0 Å². The molecule has 0 aliphatic heterocycles. The number of aliphatic hydroxyl groups excluding tert-OH is 1. The first-order valence-corrected chi connectivity index (χ1v) is 6.96. The van der Waals surface area contributed by atoms with Crippen LogP contribution in [-0.2, 0) is 22.8 Å². The number of aryl methyl sites for hydroxylation is 1. The maximum Gasteiger partial charge on any atom is 0.435 e. The summed E-state index contributed by atoms with van der Waals surface area (Å²) in [6.07, 6.45) is -3.38. The summed E-state index contributed by atoms with van der Waals surface area (Å²) < 4.78 is 38.3. The molecule has 1 unspecified atom stereocenters. The Morgan fingerprint density at radius 3 is 2.57 bits per heavy atom. The van der Waals surface area contributed by atoms with Crippen LogP contribution in [0, 0.1) is 5.92 Å². The molecule has 130 valence electrons. The number of hydrogen-bond acceptors (Lipinski definition) is 4. The highest BCUT2D eigenvalue weighted by molar-refractivity contribution is 6.39. The van der Waals surface area contributed by atoms with Gasteiger partial charge in [-0.15, -0.1) is 0 Å². The lowest BCUT2D eigenvalue weighted by atomic mass is 10.1. The lowest BCUT2D eigenvalue weighted by Gasteiger charge is -2.08. The lowest BCUT2D eigenvalue weighted by molar-refractivity contribution is -0.141. The van der Waals surface area contributed by atoms with Gasteiger partial charge in [0.2, 0.25) is 0 Å². The predicted molar refractivity (Wildman–Crippen MR) is 75.3 cm³/mol. The first-order chi connectivity index (χ1) is 10.6. The van der Waals surface area contributed by atoms with Crippen LogP contribution in [0.5, 0.6) is 0 Å². The van der Waals surface area contributed by atoms with Crippen molar-refractivity contribution in [1.82, 2.24) is 15.1 Å². The zero-order chi connectivity index (χ0) is 17.6. The largest absolute Gasteiger partial charge is 0.435 e. The summed E-state index contributed by atoms with van der Waals surface area (Å²) in [5, 5.41) is 16.5. The molecule has 23 heavy (non-hydrogen) atoms. The van der Waals surface area contributed by atoms with Crippen LogP contribution >= 0.6 is 0 Å². The molecule has 0 bridgehead atoms. The van der Waals surface area contributed by atoms with Crippen molar-refractivity contribution in [3.8, 4) is 0 Å². The molecular formula is C13H19F3N4O3. The molecule has 1 heterocycles. The molecule has 3 N–H and O–H groups in total. The average molecular weight is 336 g/mol. The van der Waals surface area contributed by atoms with Crippen molar-refractivity contribution in [2.24, 2.45) is 13.0 Å². The van der Waals surface area contributed by atoms with Gasteiger partial charge in [0.05, 0.1) is 0 Å². The highest BCUT2D eigenvalue weighted by Crippen LogP contribution is 2.29. The minimum Gasteiger partial charge on any atom is -0.396 e. The number of nitrogens with zero attached hydrogens (tertiary/aromatic N) is 2. The Kier molecular flexibility index (Phi) is 6.55. The van der Waals surface area contributed by atoms with Gasteiger partial charge in [-0.2, -0.15) is 18.3 Å². The van der Waals surface area contributed by atoms with Crippen molar-refractivity contribution in [3.63, 3.8) is 0 Å². The molecular weight excluding hydrogens is 317 g/mol. The average Bonchev–Trinajstić information content (AvgIpc) is 2.84. The van der Waals surface area contributed by atoms with E-state index < -0.39 is 23.7 Å². The van der Waals surface area contributed by atoms with Crippen LogP contribution in [0.15, 0.2) is 6.07 Å². The first kappa shape index (κ1) is 18.9. The number of anilines is 1. The van der Waals surface area contributed by atoms with E-state index in [1.54, 1.807) is 0 Å². The maximum absolute atomic E-state index is 12.5. The van der Waals surface area contributed by atoms with Gasteiger partial charge in [0.15, 0.2) is 5.69 Å². The number of carbonyl (C=O) groups is 2. The van der Waals surface area contributed by atoms with Crippen LogP contribution in [-0.4, -0.2) is 39.9 Å². The quantitative estimate of drug-likeness (QED) is 0.531. The first-order valence-electron chi connectivity index (χ1n) is 6.96. The summed E-state index contributed by atoms with van der Waals surface area (Å²) in [6, 6.07) is 0.647. The lowest BCUT2D eigenvalue weighted by Crippen LogP contribution is -2.36. The number of halogens is 3. The number of rotatable bonds is 6. The molecule has 1 atom stereocenters. The SMILES string of the molecule is CC(CO)CCCNC(=O)C(=O)Nc1cc(C(F)(F)F)nn1C. The van der Waals surface area contributed by atoms with E-state index in [2.05, 4.69) is 15.7 Å². The second kappa shape index (κ2) is 7.95. The molecule has 0 aliphatic carbocycles. The van der Waals surface area contributed by atoms with E-state index in [1.165, 1.54) is 7.05 Å². The summed E-state index contributed by atoms with van der Waals surface area (Å²) >= 11 is 0. The van der Waals surface area contributed by atoms with E-state index >= 15 is 0 Å². The standard InChI is InChI=1S/C13H19F3N4O3/c1-8(7-21)4-3-5-17-11(22)12(23)18-10-6-9(13(14,15)16)19-20(10)2/h6,8,21H,3-5,7H2,1-2H3,(H,17,22)(H,18,23). The van der Waals surface area contributed by atoms with Gasteiger partial charge in [-0.05, 0) is 18.8 Å². The molecule has 0 fully saturated rings. The van der Waals surface area contributed by atoms with Gasteiger partial charge in [-0.25, -0.2) is 0 Å². The van der Waals surface area contributed by atoms with E-state index in [9.17, 15) is 22.8 Å². The number of nitrogens with one attached hydrogen (secondary N) is 2. The second-order valence-corrected chi connectivity index (χ2v) is 5.18. The second-order valence-electron chi connectivity index (χ2n) is 5.18. The van der Waals surface area contributed by atoms with Crippen molar-refractivity contribution < 1.29 is 27.9 Å². The number of aromatic nitrogens is 2. The van der Waals surface area contributed by atoms with Crippen molar-refractivity contribution in [2.45, 2.75) is 25.9 Å². The summed E-state index contributed by atoms with van der Waals surface area (Å²) in [5.74, 6) is -2.16. The fourth-order valence-electron chi connectivity index (χ4n) is 1.72. The molecule has 1 rings (SSSR count). The van der Waals surface area contributed by atoms with Gasteiger partial charge in [0, 0.05) is 26.3 Å². The summed E-state index contributed by atoms with van der Waals surface area (Å²) in [5.41, 5.74) is -1.16. The van der Waals surface area contributed by atoms with E-state index in [0.717, 1.165) is 4.68 Å². The highest BCUT2D eigenvalue weighted by Gasteiger charge is 2.35. The molecule has 1 aromatic rings. The molecule has 0 radical (unpaired) electrons. The molecule has 0 aromatic carbocycles. The Labute approximate surface area is 130 Å². The maximum atomic E-state index is 12.5. The van der Waals surface area contributed by atoms with E-state index in [1.807, 2.05) is 6.92 Å². The van der Waals surface area contributed by atoms with E-state index in [-0.39, 0.29) is 24.9 Å². The van der Waals surface area contributed by atoms with Gasteiger partial charge in [0.1, 0.15) is 5.82 Å². The van der Waals surface area contributed by atoms with Crippen molar-refractivity contribution >= 4 is 17.6 Å². The fraction of sp³-hybridized carbons (Fsp3) is 0.615. The molecule has 10 heteroatoms. The Morgan fingerprint density at radius 2 is 2.04 bits per heavy atom. The Morgan fingerprint density at radius 1 is 1.39 bits per heavy atom. The van der Waals surface area contributed by atoms with Gasteiger partial charge in [-0.3, -0.25) is 14.3 Å². The van der Waals surface area contributed by atoms with Crippen LogP contribution in [0.1, 0.15) is 25.5 Å². The number of amides is 2. The third-order valence-electron chi connectivity index (χ3n) is 3.09. The Balaban J connectivity index is 2.50. The summed E-state index contributed by atoms with van der Waals surface area (Å²) in [4.78, 5) is 23.2. The molecule has 7 nitrogen and oxygen atoms in total. The van der Waals surface area contributed by atoms with Crippen molar-refractivity contribution in [3.05, 3.63) is 11.8 Å². The highest BCUT2D eigenvalue weighted by atomic mass is 19.4. The summed E-state index contributed by atoms with van der Waals surface area (Å²) in [6.45, 7) is 2.11. The van der Waals surface area contributed by atoms with Gasteiger partial charge >= 0.3 is 18.0 Å². The predicted octanol–water partition coefficient (Wildman–Crippen LogP) is 0.902. The topological polar surface area (TPSA) is 96.2 Å². The molecule has 0 aliphatic rings. The van der Waals surface area contributed by atoms with Gasteiger partial charge < -0.3 is 15.7 Å². The molecule has 0 spiro atoms. The number of hydrogen-bond donors (Lipinski definition) is 3. The van der Waals surface area contributed by atoms with Gasteiger partial charge in [0.25, 0.3) is 0 Å². The third-order valence-corrected chi connectivity index (χ3v) is 3.09. The molecule has 0 saturated heterocycles. The fourth-order valence-corrected chi connectivity index (χ4v) is 1.72. The van der Waals surface area contributed by atoms with Crippen LogP contribution in [0.3, 0.4) is 0 Å². The number of aliphatic hydroxyl groups is 1. The number of carbonyl (C=O) groups excluding carboxylic acids is 2. The number of alkyl halides is 3. The van der Waals surface area contributed by atoms with E-state index in [4.69, 9.17) is 5.11 Å². The van der Waals surface area contributed by atoms with Gasteiger partial charge in [-0.1, -0.05) is 6.92 Å². The zero-order valence-electron chi connectivity index (χ0n) is 12.8. The zero-order valence-corrected chi connectivity index (χ0v) is 12.8. The molecule has 2 amide bonds. The molecule has 1 aromatic heterocycles. The molecule has 0 saturated carbocycles. The van der Waals surface area contributed by atoms with Crippen molar-refractivity contribution in [2.75, 3.05) is 18.5 Å². The van der Waals surface area contributed by atoms with Crippen LogP contribution in [0.25, 0.3) is 0 Å². The minimum atomic E-state index is -4.63. The normalized spacial score (nSPS) is 12.8. The third kappa shape index (κ3) is 5.89. The monoisotopic (exact) mass is 336 g/mol. The minimum absolute atomic E-state index is 0.0382. The van der Waals surface area contributed by atoms with Crippen molar-refractivity contribution in [1.29, 1.82) is 0 Å². The van der Waals surface area contributed by atoms with E-state index in [0.29, 0.717) is 18.9 Å². The van der Waals surface area contributed by atoms with Crippen LogP contribution < -0.4 is 10.6 Å². The van der Waals surface area contributed by atoms with Crippen LogP contribution in [0.4, 0.5) is 19.0 Å². The Bertz CT molecular complexity index is 557. The smallest absolute Gasteiger partial charge is 0.396 e.